The third-order valence-corrected chi connectivity index (χ3v) is 4.67. The first kappa shape index (κ1) is 18.4. The van der Waals surface area contributed by atoms with E-state index in [0.29, 0.717) is 18.2 Å². The molecule has 0 saturated carbocycles. The molecular formula is C15H29ClN4O. The molecule has 5 nitrogen and oxygen atoms in total. The van der Waals surface area contributed by atoms with Crippen LogP contribution in [0.5, 0.6) is 0 Å². The van der Waals surface area contributed by atoms with Crippen LogP contribution >= 0.6 is 11.6 Å². The van der Waals surface area contributed by atoms with Crippen LogP contribution < -0.4 is 5.32 Å². The van der Waals surface area contributed by atoms with Crippen LogP contribution in [0.25, 0.3) is 0 Å². The lowest BCUT2D eigenvalue weighted by atomic mass is 9.85. The van der Waals surface area contributed by atoms with E-state index >= 15 is 0 Å². The van der Waals surface area contributed by atoms with Crippen LogP contribution in [0.2, 0.25) is 5.02 Å². The Bertz CT molecular complexity index is 435. The van der Waals surface area contributed by atoms with Crippen LogP contribution in [0.4, 0.5) is 0 Å². The zero-order valence-corrected chi connectivity index (χ0v) is 14.9. The molecule has 0 amide bonds. The third kappa shape index (κ3) is 3.97. The molecule has 0 bridgehead atoms. The maximum Gasteiger partial charge on any atom is 0.0834 e. The molecule has 1 heterocycles. The third-order valence-electron chi connectivity index (χ3n) is 4.38. The molecule has 122 valence electrons. The highest BCUT2D eigenvalue weighted by molar-refractivity contribution is 6.31. The molecule has 1 aromatic rings. The molecule has 1 rings (SSSR count). The minimum atomic E-state index is -0.0511. The fourth-order valence-corrected chi connectivity index (χ4v) is 2.86. The lowest BCUT2D eigenvalue weighted by molar-refractivity contribution is 0.107. The molecule has 0 aliphatic carbocycles. The highest BCUT2D eigenvalue weighted by atomic mass is 35.5. The smallest absolute Gasteiger partial charge is 0.0834 e. The Kier molecular flexibility index (Phi) is 7.13. The van der Waals surface area contributed by atoms with Gasteiger partial charge in [-0.15, -0.1) is 0 Å². The van der Waals surface area contributed by atoms with E-state index in [9.17, 15) is 0 Å². The summed E-state index contributed by atoms with van der Waals surface area (Å²) in [7, 11) is 5.91. The van der Waals surface area contributed by atoms with E-state index in [1.807, 2.05) is 4.68 Å². The Labute approximate surface area is 133 Å². The summed E-state index contributed by atoms with van der Waals surface area (Å²) in [5.41, 5.74) is 0.985. The van der Waals surface area contributed by atoms with Crippen molar-refractivity contribution in [2.45, 2.75) is 45.3 Å². The van der Waals surface area contributed by atoms with Crippen LogP contribution in [0.1, 0.15) is 38.9 Å². The van der Waals surface area contributed by atoms with E-state index in [4.69, 9.17) is 16.3 Å². The number of likely N-dealkylation sites (N-methyl/N-ethyl adjacent to an activating group) is 2. The number of ether oxygens (including phenoxy) is 1. The molecule has 2 atom stereocenters. The van der Waals surface area contributed by atoms with Crippen molar-refractivity contribution in [1.29, 1.82) is 0 Å². The Balaban J connectivity index is 3.24. The monoisotopic (exact) mass is 316 g/mol. The Hall–Kier alpha value is -0.620. The largest absolute Gasteiger partial charge is 0.383 e. The van der Waals surface area contributed by atoms with Gasteiger partial charge in [-0.25, -0.2) is 0 Å². The second kappa shape index (κ2) is 8.13. The molecule has 0 aliphatic heterocycles. The number of nitrogens with one attached hydrogen (secondary N) is 1. The Morgan fingerprint density at radius 3 is 2.62 bits per heavy atom. The first-order valence-electron chi connectivity index (χ1n) is 7.53. The van der Waals surface area contributed by atoms with Crippen LogP contribution in [-0.4, -0.2) is 54.6 Å². The lowest BCUT2D eigenvalue weighted by Crippen LogP contribution is -2.52. The van der Waals surface area contributed by atoms with Gasteiger partial charge in [-0.1, -0.05) is 25.4 Å². The second-order valence-electron chi connectivity index (χ2n) is 5.69. The van der Waals surface area contributed by atoms with Crippen molar-refractivity contribution in [3.8, 4) is 0 Å². The predicted octanol–water partition coefficient (Wildman–Crippen LogP) is 2.56. The summed E-state index contributed by atoms with van der Waals surface area (Å²) in [6, 6.07) is 0.106. The summed E-state index contributed by atoms with van der Waals surface area (Å²) in [5, 5.41) is 8.70. The molecule has 0 aromatic carbocycles. The molecule has 6 heteroatoms. The summed E-state index contributed by atoms with van der Waals surface area (Å²) < 4.78 is 7.13. The molecule has 1 aromatic heterocycles. The van der Waals surface area contributed by atoms with E-state index in [-0.39, 0.29) is 11.6 Å². The number of hydrogen-bond acceptors (Lipinski definition) is 4. The van der Waals surface area contributed by atoms with Crippen LogP contribution in [0, 0.1) is 0 Å². The standard InChI is InChI=1S/C15H29ClN4O/c1-7-15(3,19(4)5)14(17-8-2)13-12(16)11-18-20(13)9-10-21-6/h11,14,17H,7-10H2,1-6H3. The number of halogens is 1. The van der Waals surface area contributed by atoms with Crippen molar-refractivity contribution >= 4 is 11.6 Å². The molecule has 2 unspecified atom stereocenters. The van der Waals surface area contributed by atoms with Gasteiger partial charge in [-0.3, -0.25) is 4.68 Å². The van der Waals surface area contributed by atoms with E-state index < -0.39 is 0 Å². The lowest BCUT2D eigenvalue weighted by Gasteiger charge is -2.43. The summed E-state index contributed by atoms with van der Waals surface area (Å²) in [5.74, 6) is 0. The summed E-state index contributed by atoms with van der Waals surface area (Å²) in [6.07, 6.45) is 2.73. The Morgan fingerprint density at radius 1 is 1.48 bits per heavy atom. The van der Waals surface area contributed by atoms with E-state index in [2.05, 4.69) is 50.2 Å². The number of rotatable bonds is 9. The maximum absolute atomic E-state index is 6.44. The van der Waals surface area contributed by atoms with Crippen molar-refractivity contribution in [1.82, 2.24) is 20.0 Å². The molecular weight excluding hydrogens is 288 g/mol. The summed E-state index contributed by atoms with van der Waals surface area (Å²) >= 11 is 6.44. The number of hydrogen-bond donors (Lipinski definition) is 1. The van der Waals surface area contributed by atoms with Crippen molar-refractivity contribution in [3.63, 3.8) is 0 Å². The summed E-state index contributed by atoms with van der Waals surface area (Å²) in [6.45, 7) is 8.77. The van der Waals surface area contributed by atoms with Gasteiger partial charge < -0.3 is 15.0 Å². The zero-order valence-electron chi connectivity index (χ0n) is 14.1. The zero-order chi connectivity index (χ0) is 16.0. The van der Waals surface area contributed by atoms with Gasteiger partial charge in [0.2, 0.25) is 0 Å². The SMILES string of the molecule is CCNC(c1c(Cl)cnn1CCOC)C(C)(CC)N(C)C. The van der Waals surface area contributed by atoms with Gasteiger partial charge in [0.25, 0.3) is 0 Å². The molecule has 1 N–H and O–H groups in total. The molecule has 21 heavy (non-hydrogen) atoms. The fourth-order valence-electron chi connectivity index (χ4n) is 2.61. The van der Waals surface area contributed by atoms with Gasteiger partial charge in [-0.2, -0.15) is 5.10 Å². The first-order chi connectivity index (χ1) is 9.92. The highest BCUT2D eigenvalue weighted by Gasteiger charge is 2.38. The normalized spacial score (nSPS) is 16.2. The number of nitrogens with zero attached hydrogens (tertiary/aromatic N) is 3. The first-order valence-corrected chi connectivity index (χ1v) is 7.91. The quantitative estimate of drug-likeness (QED) is 0.760. The van der Waals surface area contributed by atoms with E-state index in [1.54, 1.807) is 13.3 Å². The molecule has 0 aliphatic rings. The van der Waals surface area contributed by atoms with Gasteiger partial charge >= 0.3 is 0 Å². The van der Waals surface area contributed by atoms with Crippen LogP contribution in [0.3, 0.4) is 0 Å². The fraction of sp³-hybridized carbons (Fsp3) is 0.800. The van der Waals surface area contributed by atoms with E-state index in [1.165, 1.54) is 0 Å². The van der Waals surface area contributed by atoms with Gasteiger partial charge in [0.1, 0.15) is 0 Å². The van der Waals surface area contributed by atoms with Gasteiger partial charge in [-0.05, 0) is 34.0 Å². The molecule has 0 spiro atoms. The molecule has 0 saturated heterocycles. The minimum Gasteiger partial charge on any atom is -0.383 e. The van der Waals surface area contributed by atoms with Crippen molar-refractivity contribution in [2.24, 2.45) is 0 Å². The topological polar surface area (TPSA) is 42.3 Å². The van der Waals surface area contributed by atoms with Crippen molar-refractivity contribution < 1.29 is 4.74 Å². The minimum absolute atomic E-state index is 0.0511. The number of methoxy groups -OCH3 is 1. The van der Waals surface area contributed by atoms with Gasteiger partial charge in [0.05, 0.1) is 36.1 Å². The van der Waals surface area contributed by atoms with Gasteiger partial charge in [0.15, 0.2) is 0 Å². The van der Waals surface area contributed by atoms with Crippen LogP contribution in [0.15, 0.2) is 6.20 Å². The average Bonchev–Trinajstić information content (AvgIpc) is 2.82. The average molecular weight is 317 g/mol. The van der Waals surface area contributed by atoms with Crippen LogP contribution in [-0.2, 0) is 11.3 Å². The highest BCUT2D eigenvalue weighted by Crippen LogP contribution is 2.36. The molecule has 0 radical (unpaired) electrons. The van der Waals surface area contributed by atoms with E-state index in [0.717, 1.165) is 18.7 Å². The molecule has 0 fully saturated rings. The number of aromatic nitrogens is 2. The second-order valence-corrected chi connectivity index (χ2v) is 6.10. The predicted molar refractivity (Wildman–Crippen MR) is 87.9 cm³/mol. The van der Waals surface area contributed by atoms with Gasteiger partial charge in [0, 0.05) is 12.6 Å². The Morgan fingerprint density at radius 2 is 2.14 bits per heavy atom. The summed E-state index contributed by atoms with van der Waals surface area (Å²) in [4.78, 5) is 2.25. The maximum atomic E-state index is 6.44. The van der Waals surface area contributed by atoms with Crippen molar-refractivity contribution in [3.05, 3.63) is 16.9 Å². The van der Waals surface area contributed by atoms with Crippen molar-refractivity contribution in [2.75, 3.05) is 34.4 Å².